The van der Waals surface area contributed by atoms with Gasteiger partial charge < -0.3 is 14.7 Å². The predicted molar refractivity (Wildman–Crippen MR) is 135 cm³/mol. The zero-order valence-electron chi connectivity index (χ0n) is 20.3. The molecule has 0 radical (unpaired) electrons. The van der Waals surface area contributed by atoms with Crippen LogP contribution in [0, 0.1) is 11.8 Å². The van der Waals surface area contributed by atoms with Crippen LogP contribution in [-0.2, 0) is 11.2 Å². The number of hydrogen-bond donors (Lipinski definition) is 1. The number of rotatable bonds is 13. The molecular weight excluding hydrogens is 412 g/mol. The highest BCUT2D eigenvalue weighted by atomic mass is 16.5. The maximum Gasteiger partial charge on any atom is 0.327 e. The Hall–Kier alpha value is -2.40. The number of carboxylic acids is 1. The maximum atomic E-state index is 11.2. The van der Waals surface area contributed by atoms with Gasteiger partial charge in [-0.1, -0.05) is 38.7 Å². The van der Waals surface area contributed by atoms with Gasteiger partial charge in [-0.25, -0.2) is 4.79 Å². The number of aromatic nitrogens is 1. The van der Waals surface area contributed by atoms with E-state index in [1.54, 1.807) is 7.11 Å². The number of ether oxygens (including phenoxy) is 1. The number of hydrogen-bond acceptors (Lipinski definition) is 4. The van der Waals surface area contributed by atoms with E-state index in [9.17, 15) is 9.90 Å². The maximum absolute atomic E-state index is 11.2. The molecular formula is C28H40N2O3. The molecule has 2 unspecified atom stereocenters. The number of pyridine rings is 1. The van der Waals surface area contributed by atoms with E-state index in [1.807, 2.05) is 24.4 Å². The Balaban J connectivity index is 1.56. The molecule has 2 heterocycles. The molecule has 1 N–H and O–H groups in total. The number of likely N-dealkylation sites (tertiary alicyclic amines) is 1. The molecule has 2 aromatic rings. The first-order chi connectivity index (χ1) is 16.1. The van der Waals surface area contributed by atoms with E-state index in [0.29, 0.717) is 11.8 Å². The lowest BCUT2D eigenvalue weighted by molar-refractivity contribution is -0.131. The molecule has 0 bridgehead atoms. The fourth-order valence-corrected chi connectivity index (χ4v) is 5.11. The average Bonchev–Trinajstić information content (AvgIpc) is 2.83. The van der Waals surface area contributed by atoms with Crippen molar-refractivity contribution in [1.82, 2.24) is 9.88 Å². The molecule has 2 atom stereocenters. The second kappa shape index (κ2) is 13.3. The molecule has 0 spiro atoms. The molecule has 33 heavy (non-hydrogen) atoms. The minimum absolute atomic E-state index is 0.319. The Morgan fingerprint density at radius 1 is 1.21 bits per heavy atom. The third-order valence-electron chi connectivity index (χ3n) is 7.01. The Labute approximate surface area is 198 Å². The SMILES string of the molecule is CCCCCCCN1CCC(CCCc2ccnc3ccc(OC)cc23)C(/C=C/C(=O)O)C1. The highest BCUT2D eigenvalue weighted by Gasteiger charge is 2.27. The highest BCUT2D eigenvalue weighted by Crippen LogP contribution is 2.31. The highest BCUT2D eigenvalue weighted by molar-refractivity contribution is 5.83. The van der Waals surface area contributed by atoms with Gasteiger partial charge in [-0.05, 0) is 86.9 Å². The first-order valence-corrected chi connectivity index (χ1v) is 12.7. The number of unbranched alkanes of at least 4 members (excludes halogenated alkanes) is 4. The lowest BCUT2D eigenvalue weighted by Crippen LogP contribution is -2.40. The quantitative estimate of drug-likeness (QED) is 0.293. The topological polar surface area (TPSA) is 62.7 Å². The molecule has 5 heteroatoms. The van der Waals surface area contributed by atoms with E-state index in [-0.39, 0.29) is 0 Å². The second-order valence-corrected chi connectivity index (χ2v) is 9.37. The lowest BCUT2D eigenvalue weighted by atomic mass is 9.81. The van der Waals surface area contributed by atoms with E-state index in [1.165, 1.54) is 43.7 Å². The van der Waals surface area contributed by atoms with Crippen molar-refractivity contribution in [1.29, 1.82) is 0 Å². The van der Waals surface area contributed by atoms with Crippen molar-refractivity contribution in [2.24, 2.45) is 11.8 Å². The van der Waals surface area contributed by atoms with Crippen molar-refractivity contribution in [2.75, 3.05) is 26.7 Å². The second-order valence-electron chi connectivity index (χ2n) is 9.37. The van der Waals surface area contributed by atoms with Crippen LogP contribution in [0.15, 0.2) is 42.6 Å². The standard InChI is InChI=1S/C28H40N2O3/c1-3-4-5-6-7-18-30-19-16-22(24(21-30)11-14-28(31)32)9-8-10-23-15-17-29-27-13-12-25(33-2)20-26(23)27/h11-15,17,20,22,24H,3-10,16,18-19,21H2,1-2H3,(H,31,32)/b14-11+. The summed E-state index contributed by atoms with van der Waals surface area (Å²) in [6, 6.07) is 8.16. The zero-order valence-corrected chi connectivity index (χ0v) is 20.3. The van der Waals surface area contributed by atoms with Crippen molar-refractivity contribution in [2.45, 2.75) is 64.7 Å². The number of methoxy groups -OCH3 is 1. The number of aryl methyl sites for hydroxylation is 1. The largest absolute Gasteiger partial charge is 0.497 e. The van der Waals surface area contributed by atoms with Crippen molar-refractivity contribution in [3.05, 3.63) is 48.2 Å². The Morgan fingerprint density at radius 3 is 2.85 bits per heavy atom. The molecule has 0 amide bonds. The predicted octanol–water partition coefficient (Wildman–Crippen LogP) is 6.12. The number of carbonyl (C=O) groups is 1. The molecule has 1 aliphatic heterocycles. The molecule has 0 saturated carbocycles. The first-order valence-electron chi connectivity index (χ1n) is 12.7. The number of piperidine rings is 1. The van der Waals surface area contributed by atoms with E-state index < -0.39 is 5.97 Å². The van der Waals surface area contributed by atoms with Gasteiger partial charge in [-0.15, -0.1) is 0 Å². The summed E-state index contributed by atoms with van der Waals surface area (Å²) in [6.45, 7) is 5.50. The molecule has 3 rings (SSSR count). The Morgan fingerprint density at radius 2 is 2.06 bits per heavy atom. The van der Waals surface area contributed by atoms with Crippen LogP contribution < -0.4 is 4.74 Å². The van der Waals surface area contributed by atoms with Gasteiger partial charge in [0, 0.05) is 24.2 Å². The van der Waals surface area contributed by atoms with Gasteiger partial charge in [0.15, 0.2) is 0 Å². The number of fused-ring (bicyclic) bond motifs is 1. The van der Waals surface area contributed by atoms with Crippen molar-refractivity contribution in [3.63, 3.8) is 0 Å². The van der Waals surface area contributed by atoms with Crippen LogP contribution in [0.1, 0.15) is 63.9 Å². The van der Waals surface area contributed by atoms with Gasteiger partial charge in [0.2, 0.25) is 0 Å². The molecule has 180 valence electrons. The van der Waals surface area contributed by atoms with E-state index in [2.05, 4.69) is 28.9 Å². The van der Waals surface area contributed by atoms with Crippen LogP contribution >= 0.6 is 0 Å². The summed E-state index contributed by atoms with van der Waals surface area (Å²) >= 11 is 0. The summed E-state index contributed by atoms with van der Waals surface area (Å²) in [5, 5.41) is 10.3. The van der Waals surface area contributed by atoms with Crippen LogP contribution in [0.4, 0.5) is 0 Å². The van der Waals surface area contributed by atoms with E-state index in [4.69, 9.17) is 4.74 Å². The molecule has 1 fully saturated rings. The van der Waals surface area contributed by atoms with Gasteiger partial charge in [0.05, 0.1) is 12.6 Å². The Kier molecular flexibility index (Phi) is 10.2. The van der Waals surface area contributed by atoms with E-state index >= 15 is 0 Å². The number of carboxylic acid groups (broad SMARTS) is 1. The lowest BCUT2D eigenvalue weighted by Gasteiger charge is -2.37. The first kappa shape index (κ1) is 25.2. The molecule has 0 aliphatic carbocycles. The smallest absolute Gasteiger partial charge is 0.327 e. The number of aliphatic carboxylic acids is 1. The van der Waals surface area contributed by atoms with E-state index in [0.717, 1.165) is 62.0 Å². The number of nitrogens with zero attached hydrogens (tertiary/aromatic N) is 2. The third-order valence-corrected chi connectivity index (χ3v) is 7.01. The summed E-state index contributed by atoms with van der Waals surface area (Å²) in [7, 11) is 1.69. The van der Waals surface area contributed by atoms with Gasteiger partial charge in [0.25, 0.3) is 0 Å². The summed E-state index contributed by atoms with van der Waals surface area (Å²) in [6.07, 6.45) is 16.0. The number of benzene rings is 1. The molecule has 1 aliphatic rings. The van der Waals surface area contributed by atoms with Gasteiger partial charge in [-0.2, -0.15) is 0 Å². The van der Waals surface area contributed by atoms with Crippen LogP contribution in [0.25, 0.3) is 10.9 Å². The van der Waals surface area contributed by atoms with Crippen molar-refractivity contribution >= 4 is 16.9 Å². The average molecular weight is 453 g/mol. The Bertz CT molecular complexity index is 911. The van der Waals surface area contributed by atoms with Gasteiger partial charge >= 0.3 is 5.97 Å². The van der Waals surface area contributed by atoms with Crippen LogP contribution in [-0.4, -0.2) is 47.7 Å². The minimum atomic E-state index is -0.845. The summed E-state index contributed by atoms with van der Waals surface area (Å²) in [5.74, 6) is 0.875. The fraction of sp³-hybridized carbons (Fsp3) is 0.571. The molecule has 5 nitrogen and oxygen atoms in total. The minimum Gasteiger partial charge on any atom is -0.497 e. The van der Waals surface area contributed by atoms with Crippen LogP contribution in [0.5, 0.6) is 5.75 Å². The normalized spacial score (nSPS) is 19.3. The molecule has 1 saturated heterocycles. The molecule has 1 aromatic carbocycles. The monoisotopic (exact) mass is 452 g/mol. The van der Waals surface area contributed by atoms with Gasteiger partial charge in [0.1, 0.15) is 5.75 Å². The van der Waals surface area contributed by atoms with Crippen LogP contribution in [0.3, 0.4) is 0 Å². The van der Waals surface area contributed by atoms with Crippen LogP contribution in [0.2, 0.25) is 0 Å². The zero-order chi connectivity index (χ0) is 23.5. The summed E-state index contributed by atoms with van der Waals surface area (Å²) in [4.78, 5) is 18.2. The van der Waals surface area contributed by atoms with Gasteiger partial charge in [-0.3, -0.25) is 4.98 Å². The molecule has 1 aromatic heterocycles. The third kappa shape index (κ3) is 7.85. The van der Waals surface area contributed by atoms with Crippen molar-refractivity contribution in [3.8, 4) is 5.75 Å². The summed E-state index contributed by atoms with van der Waals surface area (Å²) < 4.78 is 5.41. The fourth-order valence-electron chi connectivity index (χ4n) is 5.11. The summed E-state index contributed by atoms with van der Waals surface area (Å²) in [5.41, 5.74) is 2.31. The van der Waals surface area contributed by atoms with Crippen molar-refractivity contribution < 1.29 is 14.6 Å².